The number of hydrogen-bond donors (Lipinski definition) is 0. The van der Waals surface area contributed by atoms with Gasteiger partial charge in [0.25, 0.3) is 5.88 Å². The summed E-state index contributed by atoms with van der Waals surface area (Å²) in [6, 6.07) is 10.1. The molecule has 2 aromatic rings. The van der Waals surface area contributed by atoms with Crippen molar-refractivity contribution in [2.45, 2.75) is 20.0 Å². The van der Waals surface area contributed by atoms with Crippen molar-refractivity contribution in [1.29, 1.82) is 0 Å². The number of hydrogen-bond acceptors (Lipinski definition) is 7. The second-order valence-corrected chi connectivity index (χ2v) is 6.08. The molecule has 0 atom stereocenters. The van der Waals surface area contributed by atoms with Crippen molar-refractivity contribution < 1.29 is 9.66 Å². The lowest BCUT2D eigenvalue weighted by atomic mass is 10.2. The van der Waals surface area contributed by atoms with Gasteiger partial charge in [-0.05, 0) is 26.0 Å². The first-order chi connectivity index (χ1) is 12.1. The minimum Gasteiger partial charge on any atom is -0.470 e. The molecule has 132 valence electrons. The molecule has 8 nitrogen and oxygen atoms in total. The third-order valence-corrected chi connectivity index (χ3v) is 4.00. The van der Waals surface area contributed by atoms with E-state index in [1.165, 1.54) is 6.33 Å². The fraction of sp³-hybridized carbons (Fsp3) is 0.412. The van der Waals surface area contributed by atoms with Gasteiger partial charge in [0.2, 0.25) is 5.82 Å². The normalized spacial score (nSPS) is 14.7. The molecule has 1 aliphatic rings. The van der Waals surface area contributed by atoms with Gasteiger partial charge in [-0.2, -0.15) is 4.98 Å². The zero-order valence-corrected chi connectivity index (χ0v) is 14.3. The van der Waals surface area contributed by atoms with Crippen molar-refractivity contribution >= 4 is 17.2 Å². The monoisotopic (exact) mass is 343 g/mol. The maximum absolute atomic E-state index is 11.6. The minimum atomic E-state index is -0.462. The molecule has 25 heavy (non-hydrogen) atoms. The van der Waals surface area contributed by atoms with Crippen molar-refractivity contribution in [3.63, 3.8) is 0 Å². The van der Waals surface area contributed by atoms with Crippen LogP contribution in [0.15, 0.2) is 36.7 Å². The molecule has 0 radical (unpaired) electrons. The first-order valence-electron chi connectivity index (χ1n) is 8.27. The highest BCUT2D eigenvalue weighted by Crippen LogP contribution is 2.34. The van der Waals surface area contributed by atoms with Gasteiger partial charge in [0.05, 0.1) is 11.0 Å². The van der Waals surface area contributed by atoms with Crippen LogP contribution in [0.25, 0.3) is 0 Å². The van der Waals surface area contributed by atoms with Crippen LogP contribution in [0.3, 0.4) is 0 Å². The standard InChI is InChI=1S/C17H21N5O3/c1-13(2)25-17-15(22(23)24)16(18-12-19-17)21-10-8-20(9-11-21)14-6-4-3-5-7-14/h3-7,12-13H,8-11H2,1-2H3. The summed E-state index contributed by atoms with van der Waals surface area (Å²) in [7, 11) is 0. The van der Waals surface area contributed by atoms with E-state index in [9.17, 15) is 10.1 Å². The van der Waals surface area contributed by atoms with Crippen molar-refractivity contribution in [3.05, 3.63) is 46.8 Å². The molecule has 3 rings (SSSR count). The third kappa shape index (κ3) is 3.78. The summed E-state index contributed by atoms with van der Waals surface area (Å²) in [4.78, 5) is 23.4. The Morgan fingerprint density at radius 3 is 2.32 bits per heavy atom. The van der Waals surface area contributed by atoms with E-state index in [0.29, 0.717) is 18.9 Å². The Kier molecular flexibility index (Phi) is 4.97. The molecule has 1 saturated heterocycles. The quantitative estimate of drug-likeness (QED) is 0.609. The lowest BCUT2D eigenvalue weighted by Crippen LogP contribution is -2.47. The number of rotatable bonds is 5. The molecular formula is C17H21N5O3. The maximum Gasteiger partial charge on any atom is 0.372 e. The van der Waals surface area contributed by atoms with Crippen molar-refractivity contribution in [2.75, 3.05) is 36.0 Å². The van der Waals surface area contributed by atoms with Crippen LogP contribution < -0.4 is 14.5 Å². The van der Waals surface area contributed by atoms with Crippen LogP contribution in [0.4, 0.5) is 17.2 Å². The SMILES string of the molecule is CC(C)Oc1ncnc(N2CCN(c3ccccc3)CC2)c1[N+](=O)[O-]. The Balaban J connectivity index is 1.80. The van der Waals surface area contributed by atoms with E-state index in [0.717, 1.165) is 18.8 Å². The topological polar surface area (TPSA) is 84.6 Å². The Hall–Kier alpha value is -2.90. The Morgan fingerprint density at radius 1 is 1.08 bits per heavy atom. The van der Waals surface area contributed by atoms with Gasteiger partial charge in [-0.3, -0.25) is 10.1 Å². The summed E-state index contributed by atoms with van der Waals surface area (Å²) >= 11 is 0. The first kappa shape index (κ1) is 16.9. The van der Waals surface area contributed by atoms with E-state index in [-0.39, 0.29) is 17.7 Å². The molecule has 1 aromatic carbocycles. The molecule has 1 aromatic heterocycles. The van der Waals surface area contributed by atoms with Gasteiger partial charge in [-0.15, -0.1) is 0 Å². The molecule has 0 aliphatic carbocycles. The smallest absolute Gasteiger partial charge is 0.372 e. The van der Waals surface area contributed by atoms with Gasteiger partial charge in [-0.25, -0.2) is 4.98 Å². The summed E-state index contributed by atoms with van der Waals surface area (Å²) in [6.07, 6.45) is 1.13. The van der Waals surface area contributed by atoms with E-state index in [2.05, 4.69) is 27.0 Å². The average Bonchev–Trinajstić information content (AvgIpc) is 2.62. The van der Waals surface area contributed by atoms with E-state index in [4.69, 9.17) is 4.74 Å². The van der Waals surface area contributed by atoms with Crippen molar-refractivity contribution in [1.82, 2.24) is 9.97 Å². The molecule has 8 heteroatoms. The van der Waals surface area contributed by atoms with Crippen LogP contribution >= 0.6 is 0 Å². The Morgan fingerprint density at radius 2 is 1.72 bits per heavy atom. The second kappa shape index (κ2) is 7.33. The van der Waals surface area contributed by atoms with Crippen LogP contribution in [-0.4, -0.2) is 47.2 Å². The number of nitrogens with zero attached hydrogens (tertiary/aromatic N) is 5. The summed E-state index contributed by atoms with van der Waals surface area (Å²) in [5.74, 6) is 0.346. The highest BCUT2D eigenvalue weighted by molar-refractivity contribution is 5.63. The fourth-order valence-corrected chi connectivity index (χ4v) is 2.87. The molecule has 0 N–H and O–H groups in total. The van der Waals surface area contributed by atoms with Gasteiger partial charge in [-0.1, -0.05) is 18.2 Å². The van der Waals surface area contributed by atoms with Gasteiger partial charge >= 0.3 is 5.69 Å². The maximum atomic E-state index is 11.6. The zero-order valence-electron chi connectivity index (χ0n) is 14.3. The number of ether oxygens (including phenoxy) is 1. The largest absolute Gasteiger partial charge is 0.470 e. The molecule has 1 aliphatic heterocycles. The first-order valence-corrected chi connectivity index (χ1v) is 8.27. The van der Waals surface area contributed by atoms with Crippen LogP contribution in [-0.2, 0) is 0 Å². The predicted molar refractivity (Wildman–Crippen MR) is 95.3 cm³/mol. The molecule has 0 saturated carbocycles. The molecule has 0 amide bonds. The van der Waals surface area contributed by atoms with Gasteiger partial charge < -0.3 is 14.5 Å². The lowest BCUT2D eigenvalue weighted by Gasteiger charge is -2.36. The Bertz CT molecular complexity index is 730. The number of aromatic nitrogens is 2. The van der Waals surface area contributed by atoms with Crippen molar-refractivity contribution in [3.8, 4) is 5.88 Å². The van der Waals surface area contributed by atoms with Crippen LogP contribution in [0.2, 0.25) is 0 Å². The third-order valence-electron chi connectivity index (χ3n) is 4.00. The number of para-hydroxylation sites is 1. The van der Waals surface area contributed by atoms with E-state index in [1.807, 2.05) is 36.9 Å². The molecule has 0 unspecified atom stereocenters. The summed E-state index contributed by atoms with van der Waals surface area (Å²) in [6.45, 7) is 6.45. The highest BCUT2D eigenvalue weighted by Gasteiger charge is 2.30. The molecule has 2 heterocycles. The summed E-state index contributed by atoms with van der Waals surface area (Å²) in [5, 5.41) is 11.6. The second-order valence-electron chi connectivity index (χ2n) is 6.08. The number of nitro groups is 1. The average molecular weight is 343 g/mol. The lowest BCUT2D eigenvalue weighted by molar-refractivity contribution is -0.385. The minimum absolute atomic E-state index is 0.0236. The fourth-order valence-electron chi connectivity index (χ4n) is 2.87. The van der Waals surface area contributed by atoms with Gasteiger partial charge in [0.1, 0.15) is 6.33 Å². The van der Waals surface area contributed by atoms with Crippen LogP contribution in [0, 0.1) is 10.1 Å². The number of piperazine rings is 1. The summed E-state index contributed by atoms with van der Waals surface area (Å²) in [5.41, 5.74) is 0.993. The molecule has 1 fully saturated rings. The molecular weight excluding hydrogens is 322 g/mol. The Labute approximate surface area is 146 Å². The van der Waals surface area contributed by atoms with Crippen molar-refractivity contribution in [2.24, 2.45) is 0 Å². The van der Waals surface area contributed by atoms with E-state index in [1.54, 1.807) is 0 Å². The van der Waals surface area contributed by atoms with Gasteiger partial charge in [0.15, 0.2) is 0 Å². The van der Waals surface area contributed by atoms with Crippen LogP contribution in [0.1, 0.15) is 13.8 Å². The van der Waals surface area contributed by atoms with E-state index < -0.39 is 4.92 Å². The molecule has 0 bridgehead atoms. The molecule has 0 spiro atoms. The van der Waals surface area contributed by atoms with E-state index >= 15 is 0 Å². The number of anilines is 2. The van der Waals surface area contributed by atoms with Gasteiger partial charge in [0, 0.05) is 31.9 Å². The highest BCUT2D eigenvalue weighted by atomic mass is 16.6. The van der Waals surface area contributed by atoms with Crippen LogP contribution in [0.5, 0.6) is 5.88 Å². The predicted octanol–water partition coefficient (Wildman–Crippen LogP) is 2.50. The number of benzene rings is 1. The summed E-state index contributed by atoms with van der Waals surface area (Å²) < 4.78 is 5.50. The zero-order chi connectivity index (χ0) is 17.8.